The minimum absolute atomic E-state index is 0.0512. The summed E-state index contributed by atoms with van der Waals surface area (Å²) in [7, 11) is 0. The number of nitrogens with one attached hydrogen (secondary N) is 2. The second-order valence-electron chi connectivity index (χ2n) is 4.55. The Balaban J connectivity index is 1.88. The van der Waals surface area contributed by atoms with Gasteiger partial charge in [-0.3, -0.25) is 0 Å². The summed E-state index contributed by atoms with van der Waals surface area (Å²) in [6.07, 6.45) is -2.23. The maximum atomic E-state index is 12.6. The first-order valence-electron chi connectivity index (χ1n) is 6.23. The second kappa shape index (κ2) is 6.23. The van der Waals surface area contributed by atoms with Crippen LogP contribution in [0.15, 0.2) is 6.07 Å². The number of nitrogens with two attached hydrogens (primary N) is 1. The fourth-order valence-corrected chi connectivity index (χ4v) is 1.52. The minimum atomic E-state index is -4.62. The predicted molar refractivity (Wildman–Crippen MR) is 66.9 cm³/mol. The minimum Gasteiger partial charge on any atom is -0.379 e. The van der Waals surface area contributed by atoms with E-state index in [4.69, 9.17) is 10.6 Å². The molecule has 1 heterocycles. The van der Waals surface area contributed by atoms with E-state index in [0.717, 1.165) is 0 Å². The van der Waals surface area contributed by atoms with Crippen LogP contribution in [0.5, 0.6) is 0 Å². The molecule has 0 atom stereocenters. The van der Waals surface area contributed by atoms with Crippen LogP contribution >= 0.6 is 0 Å². The number of aromatic nitrogens is 2. The molecule has 0 bridgehead atoms. The number of nitrogens with zero attached hydrogens (tertiary/aromatic N) is 2. The summed E-state index contributed by atoms with van der Waals surface area (Å²) in [6, 6.07) is 1.30. The Bertz CT molecular complexity index is 450. The van der Waals surface area contributed by atoms with Gasteiger partial charge in [-0.2, -0.15) is 13.2 Å². The van der Waals surface area contributed by atoms with Crippen LogP contribution in [0.4, 0.5) is 24.8 Å². The summed E-state index contributed by atoms with van der Waals surface area (Å²) in [5.41, 5.74) is 2.08. The molecule has 2 rings (SSSR count). The van der Waals surface area contributed by atoms with Gasteiger partial charge in [0.05, 0.1) is 6.61 Å². The molecular weight excluding hydrogens is 275 g/mol. The van der Waals surface area contributed by atoms with Crippen molar-refractivity contribution < 1.29 is 17.9 Å². The van der Waals surface area contributed by atoms with E-state index in [9.17, 15) is 13.2 Å². The lowest BCUT2D eigenvalue weighted by molar-refractivity contribution is -0.144. The van der Waals surface area contributed by atoms with Crippen LogP contribution in [0.3, 0.4) is 0 Å². The number of nitrogen functional groups attached to an aromatic ring is 1. The standard InChI is InChI=1S/C11H16F3N5O/c12-11(13,14)10-17-8(5-9(18-10)19-15)16-3-4-20-6-7-1-2-7/h5,7H,1-4,6,15H2,(H2,16,17,18,19). The van der Waals surface area contributed by atoms with Gasteiger partial charge >= 0.3 is 6.18 Å². The maximum absolute atomic E-state index is 12.6. The van der Waals surface area contributed by atoms with Crippen molar-refractivity contribution in [1.82, 2.24) is 9.97 Å². The molecule has 0 radical (unpaired) electrons. The molecule has 4 N–H and O–H groups in total. The van der Waals surface area contributed by atoms with E-state index in [0.29, 0.717) is 25.7 Å². The zero-order valence-corrected chi connectivity index (χ0v) is 10.7. The number of anilines is 2. The number of hydrogen-bond acceptors (Lipinski definition) is 6. The summed E-state index contributed by atoms with van der Waals surface area (Å²) in [4.78, 5) is 6.65. The third kappa shape index (κ3) is 4.49. The van der Waals surface area contributed by atoms with Gasteiger partial charge in [0.2, 0.25) is 5.82 Å². The number of ether oxygens (including phenoxy) is 1. The van der Waals surface area contributed by atoms with Gasteiger partial charge in [0.15, 0.2) is 0 Å². The smallest absolute Gasteiger partial charge is 0.379 e. The zero-order valence-electron chi connectivity index (χ0n) is 10.7. The van der Waals surface area contributed by atoms with Crippen LogP contribution in [-0.4, -0.2) is 29.7 Å². The molecule has 1 aliphatic carbocycles. The van der Waals surface area contributed by atoms with Gasteiger partial charge < -0.3 is 15.5 Å². The molecule has 0 unspecified atom stereocenters. The summed E-state index contributed by atoms with van der Waals surface area (Å²) in [5, 5.41) is 2.75. The van der Waals surface area contributed by atoms with Crippen molar-refractivity contribution in [2.24, 2.45) is 11.8 Å². The van der Waals surface area contributed by atoms with E-state index in [1.165, 1.54) is 18.9 Å². The highest BCUT2D eigenvalue weighted by Gasteiger charge is 2.35. The van der Waals surface area contributed by atoms with Crippen molar-refractivity contribution in [3.05, 3.63) is 11.9 Å². The molecule has 1 aromatic heterocycles. The Hall–Kier alpha value is -1.61. The highest BCUT2D eigenvalue weighted by Crippen LogP contribution is 2.29. The Morgan fingerprint density at radius 3 is 2.60 bits per heavy atom. The Morgan fingerprint density at radius 2 is 2.00 bits per heavy atom. The summed E-state index contributed by atoms with van der Waals surface area (Å²) in [6.45, 7) is 1.48. The lowest BCUT2D eigenvalue weighted by atomic mass is 10.4. The second-order valence-corrected chi connectivity index (χ2v) is 4.55. The Morgan fingerprint density at radius 1 is 1.30 bits per heavy atom. The summed E-state index contributed by atoms with van der Waals surface area (Å²) >= 11 is 0. The van der Waals surface area contributed by atoms with Gasteiger partial charge in [0.25, 0.3) is 0 Å². The predicted octanol–water partition coefficient (Wildman–Crippen LogP) is 1.62. The van der Waals surface area contributed by atoms with Crippen LogP contribution in [-0.2, 0) is 10.9 Å². The molecule has 1 aromatic rings. The average molecular weight is 291 g/mol. The largest absolute Gasteiger partial charge is 0.451 e. The first-order valence-corrected chi connectivity index (χ1v) is 6.23. The molecule has 1 saturated carbocycles. The fraction of sp³-hybridized carbons (Fsp3) is 0.636. The SMILES string of the molecule is NNc1cc(NCCOCC2CC2)nc(C(F)(F)F)n1. The molecule has 0 spiro atoms. The first kappa shape index (κ1) is 14.8. The molecular formula is C11H16F3N5O. The third-order valence-corrected chi connectivity index (χ3v) is 2.73. The highest BCUT2D eigenvalue weighted by atomic mass is 19.4. The molecule has 20 heavy (non-hydrogen) atoms. The van der Waals surface area contributed by atoms with Gasteiger partial charge in [0.1, 0.15) is 11.6 Å². The summed E-state index contributed by atoms with van der Waals surface area (Å²) < 4.78 is 43.1. The van der Waals surface area contributed by atoms with Crippen LogP contribution in [0, 0.1) is 5.92 Å². The van der Waals surface area contributed by atoms with Crippen molar-refractivity contribution in [3.63, 3.8) is 0 Å². The summed E-state index contributed by atoms with van der Waals surface area (Å²) in [5.74, 6) is 4.45. The molecule has 0 saturated heterocycles. The van der Waals surface area contributed by atoms with E-state index < -0.39 is 12.0 Å². The molecule has 0 aliphatic heterocycles. The van der Waals surface area contributed by atoms with E-state index in [-0.39, 0.29) is 11.6 Å². The zero-order chi connectivity index (χ0) is 14.6. The fourth-order valence-electron chi connectivity index (χ4n) is 1.52. The van der Waals surface area contributed by atoms with Gasteiger partial charge in [-0.25, -0.2) is 15.8 Å². The third-order valence-electron chi connectivity index (χ3n) is 2.73. The molecule has 0 aromatic carbocycles. The van der Waals surface area contributed by atoms with Crippen LogP contribution in [0.1, 0.15) is 18.7 Å². The van der Waals surface area contributed by atoms with Crippen LogP contribution < -0.4 is 16.6 Å². The van der Waals surface area contributed by atoms with E-state index in [1.807, 2.05) is 0 Å². The molecule has 9 heteroatoms. The Kier molecular flexibility index (Phi) is 4.61. The lowest BCUT2D eigenvalue weighted by Crippen LogP contribution is -2.18. The molecule has 1 fully saturated rings. The van der Waals surface area contributed by atoms with E-state index >= 15 is 0 Å². The maximum Gasteiger partial charge on any atom is 0.451 e. The van der Waals surface area contributed by atoms with Crippen molar-refractivity contribution in [2.45, 2.75) is 19.0 Å². The van der Waals surface area contributed by atoms with E-state index in [2.05, 4.69) is 20.7 Å². The van der Waals surface area contributed by atoms with Gasteiger partial charge in [0, 0.05) is 19.2 Å². The van der Waals surface area contributed by atoms with Crippen LogP contribution in [0.2, 0.25) is 0 Å². The van der Waals surface area contributed by atoms with Crippen LogP contribution in [0.25, 0.3) is 0 Å². The van der Waals surface area contributed by atoms with Crippen molar-refractivity contribution >= 4 is 11.6 Å². The highest BCUT2D eigenvalue weighted by molar-refractivity contribution is 5.47. The van der Waals surface area contributed by atoms with Gasteiger partial charge in [-0.15, -0.1) is 0 Å². The molecule has 0 amide bonds. The Labute approximate surface area is 113 Å². The molecule has 6 nitrogen and oxygen atoms in total. The number of rotatable bonds is 7. The monoisotopic (exact) mass is 291 g/mol. The van der Waals surface area contributed by atoms with Crippen molar-refractivity contribution in [2.75, 3.05) is 30.5 Å². The number of alkyl halides is 3. The topological polar surface area (TPSA) is 85.1 Å². The van der Waals surface area contributed by atoms with Crippen molar-refractivity contribution in [1.29, 1.82) is 0 Å². The number of halogens is 3. The number of hydrazine groups is 1. The lowest BCUT2D eigenvalue weighted by Gasteiger charge is -2.11. The number of hydrogen-bond donors (Lipinski definition) is 3. The molecule has 112 valence electrons. The van der Waals surface area contributed by atoms with Gasteiger partial charge in [-0.05, 0) is 18.8 Å². The quantitative estimate of drug-likeness (QED) is 0.402. The van der Waals surface area contributed by atoms with Gasteiger partial charge in [-0.1, -0.05) is 0 Å². The van der Waals surface area contributed by atoms with Crippen molar-refractivity contribution in [3.8, 4) is 0 Å². The molecule has 1 aliphatic rings. The normalized spacial score (nSPS) is 15.2. The first-order chi connectivity index (χ1) is 9.49. The van der Waals surface area contributed by atoms with E-state index in [1.54, 1.807) is 0 Å². The average Bonchev–Trinajstić information content (AvgIpc) is 3.21.